The van der Waals surface area contributed by atoms with E-state index >= 15 is 0 Å². The fraction of sp³-hybridized carbons (Fsp3) is 0.143. The molecule has 0 saturated heterocycles. The summed E-state index contributed by atoms with van der Waals surface area (Å²) in [6, 6.07) is 8.60. The molecule has 12 nitrogen and oxygen atoms in total. The van der Waals surface area contributed by atoms with E-state index in [4.69, 9.17) is 8.60 Å². The van der Waals surface area contributed by atoms with Crippen molar-refractivity contribution in [3.05, 3.63) is 62.8 Å². The fourth-order valence-corrected chi connectivity index (χ4v) is 6.31. The average Bonchev–Trinajstić information content (AvgIpc) is 3.51. The summed E-state index contributed by atoms with van der Waals surface area (Å²) in [4.78, 5) is 26.2. The van der Waals surface area contributed by atoms with Gasteiger partial charge in [0.2, 0.25) is 11.6 Å². The quantitative estimate of drug-likeness (QED) is 0.135. The number of fused-ring (bicyclic) bond motifs is 1. The van der Waals surface area contributed by atoms with Gasteiger partial charge in [-0.05, 0) is 41.8 Å². The normalized spacial score (nSPS) is 11.9. The van der Waals surface area contributed by atoms with Gasteiger partial charge in [-0.25, -0.2) is 18.2 Å². The molecule has 15 heteroatoms. The lowest BCUT2D eigenvalue weighted by Crippen LogP contribution is -2.14. The molecular formula is C21H16N2O10S3. The minimum absolute atomic E-state index is 0.0528. The first-order chi connectivity index (χ1) is 17.0. The Morgan fingerprint density at radius 1 is 1.14 bits per heavy atom. The summed E-state index contributed by atoms with van der Waals surface area (Å²) in [5, 5.41) is 13.0. The van der Waals surface area contributed by atoms with Crippen molar-refractivity contribution >= 4 is 54.0 Å². The topological polar surface area (TPSA) is 173 Å². The van der Waals surface area contributed by atoms with Crippen molar-refractivity contribution in [2.24, 2.45) is 0 Å². The zero-order valence-electron chi connectivity index (χ0n) is 18.5. The summed E-state index contributed by atoms with van der Waals surface area (Å²) in [5.41, 5.74) is -0.118. The van der Waals surface area contributed by atoms with Crippen LogP contribution in [0.2, 0.25) is 0 Å². The molecular weight excluding hydrogens is 536 g/mol. The van der Waals surface area contributed by atoms with Crippen LogP contribution in [0.4, 0.5) is 5.69 Å². The molecule has 0 unspecified atom stereocenters. The van der Waals surface area contributed by atoms with Crippen LogP contribution in [-0.4, -0.2) is 45.6 Å². The van der Waals surface area contributed by atoms with Gasteiger partial charge in [0.15, 0.2) is 15.4 Å². The van der Waals surface area contributed by atoms with E-state index in [1.54, 1.807) is 0 Å². The zero-order chi connectivity index (χ0) is 26.3. The molecule has 36 heavy (non-hydrogen) atoms. The van der Waals surface area contributed by atoms with Gasteiger partial charge in [-0.3, -0.25) is 10.1 Å². The highest BCUT2D eigenvalue weighted by Gasteiger charge is 2.30. The highest BCUT2D eigenvalue weighted by Crippen LogP contribution is 2.36. The van der Waals surface area contributed by atoms with Crippen molar-refractivity contribution in [3.8, 4) is 17.2 Å². The lowest BCUT2D eigenvalue weighted by molar-refractivity contribution is -0.385. The van der Waals surface area contributed by atoms with Gasteiger partial charge in [0.05, 0.1) is 22.7 Å². The number of carbonyl (C=O) groups excluding carboxylic acids is 1. The molecule has 0 atom stereocenters. The molecule has 0 amide bonds. The molecule has 0 N–H and O–H groups in total. The summed E-state index contributed by atoms with van der Waals surface area (Å²) >= 11 is 0.810. The van der Waals surface area contributed by atoms with Crippen LogP contribution < -0.4 is 4.18 Å². The van der Waals surface area contributed by atoms with E-state index in [0.717, 1.165) is 36.6 Å². The first-order valence-electron chi connectivity index (χ1n) is 9.99. The predicted octanol–water partition coefficient (Wildman–Crippen LogP) is 3.81. The highest BCUT2D eigenvalue weighted by molar-refractivity contribution is 7.91. The molecule has 4 rings (SSSR count). The lowest BCUT2D eigenvalue weighted by atomic mass is 10.2. The number of esters is 1. The van der Waals surface area contributed by atoms with Crippen molar-refractivity contribution in [3.63, 3.8) is 0 Å². The molecule has 4 aromatic rings. The van der Waals surface area contributed by atoms with Crippen LogP contribution in [0.5, 0.6) is 5.75 Å². The highest BCUT2D eigenvalue weighted by atomic mass is 32.2. The number of nitro groups is 1. The van der Waals surface area contributed by atoms with E-state index < -0.39 is 47.2 Å². The second-order valence-corrected chi connectivity index (χ2v) is 11.8. The van der Waals surface area contributed by atoms with Gasteiger partial charge in [0.1, 0.15) is 15.3 Å². The van der Waals surface area contributed by atoms with Crippen LogP contribution in [-0.2, 0) is 24.7 Å². The number of hydrogen-bond donors (Lipinski definition) is 0. The molecule has 2 aromatic heterocycles. The maximum Gasteiger partial charge on any atom is 0.349 e. The minimum Gasteiger partial charge on any atom is -0.465 e. The number of oxazole rings is 1. The van der Waals surface area contributed by atoms with Crippen LogP contribution in [0.25, 0.3) is 22.6 Å². The van der Waals surface area contributed by atoms with Crippen LogP contribution in [0.1, 0.15) is 16.6 Å². The van der Waals surface area contributed by atoms with Gasteiger partial charge in [-0.15, -0.1) is 11.3 Å². The zero-order valence-corrected chi connectivity index (χ0v) is 21.0. The molecule has 2 heterocycles. The van der Waals surface area contributed by atoms with E-state index in [0.29, 0.717) is 0 Å². The Balaban J connectivity index is 1.72. The first-order valence-corrected chi connectivity index (χ1v) is 13.9. The van der Waals surface area contributed by atoms with Gasteiger partial charge in [0, 0.05) is 11.6 Å². The van der Waals surface area contributed by atoms with Crippen LogP contribution in [0.3, 0.4) is 0 Å². The average molecular weight is 553 g/mol. The standard InChI is InChI=1S/C21H16N2O10S3/c1-3-35(27,28)13-5-7-16-14(11-13)22-20(32-16)12-4-6-17(15(10-12)23(25)26)33-36(29,30)18-8-9-34-19(18)21(24)31-2/h4-11H,3H2,1-2H3. The van der Waals surface area contributed by atoms with Crippen molar-refractivity contribution in [2.45, 2.75) is 16.7 Å². The summed E-state index contributed by atoms with van der Waals surface area (Å²) in [6.07, 6.45) is 0. The smallest absolute Gasteiger partial charge is 0.349 e. The van der Waals surface area contributed by atoms with Crippen LogP contribution in [0, 0.1) is 10.1 Å². The first kappa shape index (κ1) is 25.3. The number of rotatable bonds is 8. The Morgan fingerprint density at radius 2 is 1.89 bits per heavy atom. The molecule has 0 aliphatic carbocycles. The molecule has 0 bridgehead atoms. The Hall–Kier alpha value is -3.82. The number of sulfone groups is 1. The Morgan fingerprint density at radius 3 is 2.56 bits per heavy atom. The molecule has 0 aliphatic heterocycles. The monoisotopic (exact) mass is 552 g/mol. The SMILES string of the molecule is CCS(=O)(=O)c1ccc2oc(-c3ccc(OS(=O)(=O)c4ccsc4C(=O)OC)c([N+](=O)[O-])c3)nc2c1. The van der Waals surface area contributed by atoms with Crippen LogP contribution >= 0.6 is 11.3 Å². The molecule has 0 fully saturated rings. The third-order valence-corrected chi connectivity index (χ3v) is 9.00. The molecule has 188 valence electrons. The third kappa shape index (κ3) is 4.67. The largest absolute Gasteiger partial charge is 0.465 e. The van der Waals surface area contributed by atoms with E-state index in [2.05, 4.69) is 9.72 Å². The van der Waals surface area contributed by atoms with E-state index in [-0.39, 0.29) is 38.1 Å². The van der Waals surface area contributed by atoms with Crippen LogP contribution in [0.15, 0.2) is 62.1 Å². The van der Waals surface area contributed by atoms with E-state index in [1.807, 2.05) is 0 Å². The Kier molecular flexibility index (Phi) is 6.55. The second-order valence-electron chi connectivity index (χ2n) is 7.13. The minimum atomic E-state index is -4.62. The molecule has 0 spiro atoms. The van der Waals surface area contributed by atoms with Crippen molar-refractivity contribution < 1.29 is 39.9 Å². The van der Waals surface area contributed by atoms with Gasteiger partial charge in [-0.1, -0.05) is 6.92 Å². The van der Waals surface area contributed by atoms with Crippen molar-refractivity contribution in [1.29, 1.82) is 0 Å². The van der Waals surface area contributed by atoms with Gasteiger partial charge in [0.25, 0.3) is 0 Å². The molecule has 2 aromatic carbocycles. The third-order valence-electron chi connectivity index (χ3n) is 4.97. The van der Waals surface area contributed by atoms with E-state index in [9.17, 15) is 31.7 Å². The summed E-state index contributed by atoms with van der Waals surface area (Å²) in [6.45, 7) is 1.51. The number of nitro benzene ring substituents is 1. The Bertz CT molecular complexity index is 1720. The number of thiophene rings is 1. The predicted molar refractivity (Wildman–Crippen MR) is 127 cm³/mol. The number of benzene rings is 2. The molecule has 0 radical (unpaired) electrons. The maximum absolute atomic E-state index is 12.8. The van der Waals surface area contributed by atoms with Gasteiger partial charge < -0.3 is 13.3 Å². The number of hydrogen-bond acceptors (Lipinski definition) is 12. The summed E-state index contributed by atoms with van der Waals surface area (Å²) in [5.74, 6) is -1.66. The number of ether oxygens (including phenoxy) is 1. The summed E-state index contributed by atoms with van der Waals surface area (Å²) < 4.78 is 65.0. The molecule has 0 aliphatic rings. The second kappa shape index (κ2) is 9.33. The van der Waals surface area contributed by atoms with Crippen molar-refractivity contribution in [2.75, 3.05) is 12.9 Å². The van der Waals surface area contributed by atoms with Gasteiger partial charge in [-0.2, -0.15) is 8.42 Å². The lowest BCUT2D eigenvalue weighted by Gasteiger charge is -2.08. The molecule has 0 saturated carbocycles. The summed E-state index contributed by atoms with van der Waals surface area (Å²) in [7, 11) is -7.03. The Labute approximate surface area is 208 Å². The maximum atomic E-state index is 12.8. The van der Waals surface area contributed by atoms with Gasteiger partial charge >= 0.3 is 21.8 Å². The fourth-order valence-electron chi connectivity index (χ4n) is 3.15. The number of methoxy groups -OCH3 is 1. The number of aromatic nitrogens is 1. The van der Waals surface area contributed by atoms with Crippen molar-refractivity contribution in [1.82, 2.24) is 4.98 Å². The number of carbonyl (C=O) groups is 1. The number of nitrogens with zero attached hydrogens (tertiary/aromatic N) is 2. The van der Waals surface area contributed by atoms with E-state index in [1.165, 1.54) is 36.6 Å².